The smallest absolute Gasteiger partial charge is 0.253 e. The molecule has 0 radical (unpaired) electrons. The van der Waals surface area contributed by atoms with Crippen molar-refractivity contribution in [1.29, 1.82) is 0 Å². The van der Waals surface area contributed by atoms with Crippen LogP contribution in [0.2, 0.25) is 0 Å². The van der Waals surface area contributed by atoms with Gasteiger partial charge in [-0.25, -0.2) is 0 Å². The fourth-order valence-electron chi connectivity index (χ4n) is 4.35. The van der Waals surface area contributed by atoms with Gasteiger partial charge in [-0.2, -0.15) is 5.10 Å². The number of aromatic nitrogens is 2. The Kier molecular flexibility index (Phi) is 4.10. The summed E-state index contributed by atoms with van der Waals surface area (Å²) in [5.41, 5.74) is 0.801. The van der Waals surface area contributed by atoms with Crippen LogP contribution in [0.15, 0.2) is 48.8 Å². The molecule has 1 amide bonds. The van der Waals surface area contributed by atoms with Gasteiger partial charge in [-0.1, -0.05) is 18.2 Å². The van der Waals surface area contributed by atoms with E-state index in [-0.39, 0.29) is 5.91 Å². The maximum absolute atomic E-state index is 12.7. The molecule has 1 unspecified atom stereocenters. The lowest BCUT2D eigenvalue weighted by molar-refractivity contribution is 0.0607. The second-order valence-electron chi connectivity index (χ2n) is 7.02. The zero-order chi connectivity index (χ0) is 16.5. The lowest BCUT2D eigenvalue weighted by Crippen LogP contribution is -2.47. The minimum absolute atomic E-state index is 0.173. The third-order valence-electron chi connectivity index (χ3n) is 5.63. The van der Waals surface area contributed by atoms with E-state index in [1.807, 2.05) is 58.4 Å². The Morgan fingerprint density at radius 1 is 1.25 bits per heavy atom. The van der Waals surface area contributed by atoms with Crippen LogP contribution >= 0.6 is 0 Å². The summed E-state index contributed by atoms with van der Waals surface area (Å²) in [4.78, 5) is 17.3. The van der Waals surface area contributed by atoms with Crippen molar-refractivity contribution in [3.05, 3.63) is 54.4 Å². The van der Waals surface area contributed by atoms with Crippen LogP contribution in [-0.2, 0) is 6.54 Å². The summed E-state index contributed by atoms with van der Waals surface area (Å²) >= 11 is 0. The van der Waals surface area contributed by atoms with Gasteiger partial charge in [0.2, 0.25) is 0 Å². The van der Waals surface area contributed by atoms with Gasteiger partial charge in [-0.3, -0.25) is 14.4 Å². The molecule has 2 aromatic rings. The van der Waals surface area contributed by atoms with Gasteiger partial charge in [0.05, 0.1) is 6.54 Å². The minimum atomic E-state index is 0.173. The summed E-state index contributed by atoms with van der Waals surface area (Å²) in [6, 6.07) is 12.7. The second kappa shape index (κ2) is 6.40. The van der Waals surface area contributed by atoms with Gasteiger partial charge in [0.15, 0.2) is 0 Å². The number of hydrogen-bond acceptors (Lipinski definition) is 3. The molecular weight excluding hydrogens is 300 g/mol. The van der Waals surface area contributed by atoms with Crippen LogP contribution in [0.1, 0.15) is 23.2 Å². The molecule has 0 bridgehead atoms. The minimum Gasteiger partial charge on any atom is -0.338 e. The number of nitrogens with zero attached hydrogens (tertiary/aromatic N) is 4. The third-order valence-corrected chi connectivity index (χ3v) is 5.63. The van der Waals surface area contributed by atoms with E-state index in [2.05, 4.69) is 17.0 Å². The molecule has 126 valence electrons. The molecular formula is C19H24N4O. The summed E-state index contributed by atoms with van der Waals surface area (Å²) in [6.45, 7) is 2.66. The van der Waals surface area contributed by atoms with Gasteiger partial charge in [0.25, 0.3) is 5.91 Å². The molecule has 4 rings (SSSR count). The normalized spacial score (nSPS) is 27.2. The van der Waals surface area contributed by atoms with E-state index in [0.717, 1.165) is 38.0 Å². The Morgan fingerprint density at radius 2 is 2.08 bits per heavy atom. The molecule has 0 saturated carbocycles. The molecule has 0 spiro atoms. The molecule has 1 aromatic carbocycles. The number of carbonyl (C=O) groups excluding carboxylic acids is 1. The highest BCUT2D eigenvalue weighted by molar-refractivity contribution is 5.94. The van der Waals surface area contributed by atoms with Crippen molar-refractivity contribution in [1.82, 2.24) is 19.6 Å². The maximum atomic E-state index is 12.7. The van der Waals surface area contributed by atoms with Crippen LogP contribution in [0.5, 0.6) is 0 Å². The van der Waals surface area contributed by atoms with E-state index in [4.69, 9.17) is 0 Å². The number of fused-ring (bicyclic) bond motifs is 1. The zero-order valence-corrected chi connectivity index (χ0v) is 14.1. The number of likely N-dealkylation sites (N-methyl/N-ethyl adjacent to an activating group) is 1. The molecule has 1 aromatic heterocycles. The predicted octanol–water partition coefficient (Wildman–Crippen LogP) is 2.12. The summed E-state index contributed by atoms with van der Waals surface area (Å²) in [6.07, 6.45) is 6.07. The fourth-order valence-corrected chi connectivity index (χ4v) is 4.35. The molecule has 3 atom stereocenters. The summed E-state index contributed by atoms with van der Waals surface area (Å²) < 4.78 is 2.02. The van der Waals surface area contributed by atoms with Crippen LogP contribution in [-0.4, -0.2) is 57.7 Å². The van der Waals surface area contributed by atoms with Gasteiger partial charge in [-0.15, -0.1) is 0 Å². The number of carbonyl (C=O) groups is 1. The number of amides is 1. The largest absolute Gasteiger partial charge is 0.338 e. The van der Waals surface area contributed by atoms with Crippen LogP contribution in [0.25, 0.3) is 0 Å². The first-order chi connectivity index (χ1) is 11.7. The number of likely N-dealkylation sites (tertiary alicyclic amines) is 2. The maximum Gasteiger partial charge on any atom is 0.253 e. The quantitative estimate of drug-likeness (QED) is 0.868. The Hall–Kier alpha value is -2.14. The standard InChI is InChI=1S/C19H24N4O/c1-21-17(14-23-10-5-9-20-23)12-16-13-22(11-8-18(16)21)19(24)15-6-3-2-4-7-15/h2-7,9-10,16-18H,8,11-14H2,1H3/t16-,17?,18+/m0/s1. The van der Waals surface area contributed by atoms with Crippen molar-refractivity contribution in [3.63, 3.8) is 0 Å². The third kappa shape index (κ3) is 2.84. The van der Waals surface area contributed by atoms with Crippen molar-refractivity contribution in [2.24, 2.45) is 5.92 Å². The first-order valence-electron chi connectivity index (χ1n) is 8.76. The average molecular weight is 324 g/mol. The zero-order valence-electron chi connectivity index (χ0n) is 14.1. The molecule has 2 saturated heterocycles. The highest BCUT2D eigenvalue weighted by atomic mass is 16.2. The first kappa shape index (κ1) is 15.4. The van der Waals surface area contributed by atoms with Crippen LogP contribution < -0.4 is 0 Å². The lowest BCUT2D eigenvalue weighted by atomic mass is 9.91. The summed E-state index contributed by atoms with van der Waals surface area (Å²) in [5.74, 6) is 0.740. The van der Waals surface area contributed by atoms with Crippen LogP contribution in [0.3, 0.4) is 0 Å². The van der Waals surface area contributed by atoms with E-state index < -0.39 is 0 Å². The highest BCUT2D eigenvalue weighted by Gasteiger charge is 2.42. The number of hydrogen-bond donors (Lipinski definition) is 0. The molecule has 24 heavy (non-hydrogen) atoms. The SMILES string of the molecule is CN1C(Cn2cccn2)C[C@H]2CN(C(=O)c3ccccc3)CC[C@H]21. The van der Waals surface area contributed by atoms with Gasteiger partial charge >= 0.3 is 0 Å². The molecule has 0 N–H and O–H groups in total. The van der Waals surface area contributed by atoms with E-state index in [0.29, 0.717) is 18.0 Å². The number of rotatable bonds is 3. The molecule has 3 heterocycles. The predicted molar refractivity (Wildman–Crippen MR) is 92.6 cm³/mol. The molecule has 2 fully saturated rings. The fraction of sp³-hybridized carbons (Fsp3) is 0.474. The van der Waals surface area contributed by atoms with Crippen molar-refractivity contribution >= 4 is 5.91 Å². The number of piperidine rings is 1. The Morgan fingerprint density at radius 3 is 2.83 bits per heavy atom. The second-order valence-corrected chi connectivity index (χ2v) is 7.02. The monoisotopic (exact) mass is 324 g/mol. The Labute approximate surface area is 142 Å². The van der Waals surface area contributed by atoms with E-state index in [1.54, 1.807) is 0 Å². The number of benzene rings is 1. The van der Waals surface area contributed by atoms with Crippen molar-refractivity contribution in [2.45, 2.75) is 31.5 Å². The van der Waals surface area contributed by atoms with Crippen molar-refractivity contribution in [3.8, 4) is 0 Å². The summed E-state index contributed by atoms with van der Waals surface area (Å²) in [5, 5.41) is 4.34. The van der Waals surface area contributed by atoms with Crippen LogP contribution in [0.4, 0.5) is 0 Å². The van der Waals surface area contributed by atoms with Crippen molar-refractivity contribution < 1.29 is 4.79 Å². The Bertz CT molecular complexity index is 685. The molecule has 2 aliphatic heterocycles. The average Bonchev–Trinajstić information content (AvgIpc) is 3.24. The molecule has 2 aliphatic rings. The molecule has 5 heteroatoms. The van der Waals surface area contributed by atoms with Gasteiger partial charge in [0.1, 0.15) is 0 Å². The van der Waals surface area contributed by atoms with Crippen LogP contribution in [0, 0.1) is 5.92 Å². The Balaban J connectivity index is 1.43. The molecule has 0 aliphatic carbocycles. The van der Waals surface area contributed by atoms with Gasteiger partial charge in [-0.05, 0) is 44.0 Å². The van der Waals surface area contributed by atoms with E-state index in [1.165, 1.54) is 0 Å². The van der Waals surface area contributed by atoms with Gasteiger partial charge in [0, 0.05) is 43.1 Å². The lowest BCUT2D eigenvalue weighted by Gasteiger charge is -2.37. The highest BCUT2D eigenvalue weighted by Crippen LogP contribution is 2.35. The van der Waals surface area contributed by atoms with Gasteiger partial charge < -0.3 is 4.90 Å². The topological polar surface area (TPSA) is 41.4 Å². The summed E-state index contributed by atoms with van der Waals surface area (Å²) in [7, 11) is 2.23. The molecule has 5 nitrogen and oxygen atoms in total. The van der Waals surface area contributed by atoms with E-state index >= 15 is 0 Å². The van der Waals surface area contributed by atoms with Crippen molar-refractivity contribution in [2.75, 3.05) is 20.1 Å². The first-order valence-corrected chi connectivity index (χ1v) is 8.76. The van der Waals surface area contributed by atoms with E-state index in [9.17, 15) is 4.79 Å².